The van der Waals surface area contributed by atoms with Gasteiger partial charge in [0.15, 0.2) is 0 Å². The van der Waals surface area contributed by atoms with E-state index in [1.54, 1.807) is 0 Å². The quantitative estimate of drug-likeness (QED) is 0.779. The van der Waals surface area contributed by atoms with Gasteiger partial charge in [0.05, 0.1) is 0 Å². The zero-order valence-corrected chi connectivity index (χ0v) is 12.1. The molecule has 0 saturated heterocycles. The van der Waals surface area contributed by atoms with Gasteiger partial charge >= 0.3 is 0 Å². The van der Waals surface area contributed by atoms with Crippen molar-refractivity contribution in [3.05, 3.63) is 33.2 Å². The van der Waals surface area contributed by atoms with Crippen LogP contribution in [0.2, 0.25) is 0 Å². The summed E-state index contributed by atoms with van der Waals surface area (Å²) in [7, 11) is 0. The summed E-state index contributed by atoms with van der Waals surface area (Å²) in [5.74, 6) is 0. The zero-order valence-electron chi connectivity index (χ0n) is 11.4. The van der Waals surface area contributed by atoms with Crippen LogP contribution in [0.5, 0.6) is 0 Å². The molecule has 19 heavy (non-hydrogen) atoms. The molecule has 0 N–H and O–H groups in total. The lowest BCUT2D eigenvalue weighted by Crippen LogP contribution is -2.29. The lowest BCUT2D eigenvalue weighted by Gasteiger charge is -2.22. The number of hydrogen-bond donors (Lipinski definition) is 0. The maximum absolute atomic E-state index is 12.5. The maximum Gasteiger partial charge on any atom is 0.253 e. The standard InChI is InChI=1S/C15H20ClNO2/c1-2-9-17-13-6-4-3-5-11(13)10-12(15(17)19)7-8-14(16)18/h10H,2-9H2,1H3. The SMILES string of the molecule is CCCn1c2c(cc(CCC(=O)Cl)c1=O)CCCC2. The van der Waals surface area contributed by atoms with Gasteiger partial charge in [0.1, 0.15) is 0 Å². The Hall–Kier alpha value is -1.09. The van der Waals surface area contributed by atoms with Gasteiger partial charge in [-0.1, -0.05) is 6.92 Å². The molecule has 0 radical (unpaired) electrons. The molecule has 104 valence electrons. The number of halogens is 1. The van der Waals surface area contributed by atoms with Crippen LogP contribution in [-0.4, -0.2) is 9.81 Å². The number of fused-ring (bicyclic) bond motifs is 1. The molecule has 3 nitrogen and oxygen atoms in total. The van der Waals surface area contributed by atoms with E-state index in [1.165, 1.54) is 17.7 Å². The molecule has 0 aromatic carbocycles. The number of carbonyl (C=O) groups is 1. The number of carbonyl (C=O) groups excluding carboxylic acids is 1. The number of hydrogen-bond acceptors (Lipinski definition) is 2. The minimum absolute atomic E-state index is 0.0698. The molecule has 0 unspecified atom stereocenters. The first-order valence-corrected chi connectivity index (χ1v) is 7.44. The van der Waals surface area contributed by atoms with Gasteiger partial charge in [-0.05, 0) is 61.8 Å². The Morgan fingerprint density at radius 3 is 2.79 bits per heavy atom. The molecule has 0 aliphatic heterocycles. The van der Waals surface area contributed by atoms with Gasteiger partial charge in [-0.2, -0.15) is 0 Å². The molecule has 2 rings (SSSR count). The van der Waals surface area contributed by atoms with Crippen molar-refractivity contribution < 1.29 is 4.79 Å². The van der Waals surface area contributed by atoms with Crippen LogP contribution in [0.3, 0.4) is 0 Å². The highest BCUT2D eigenvalue weighted by Crippen LogP contribution is 2.21. The summed E-state index contributed by atoms with van der Waals surface area (Å²) in [5.41, 5.74) is 3.30. The van der Waals surface area contributed by atoms with E-state index in [-0.39, 0.29) is 17.2 Å². The van der Waals surface area contributed by atoms with Crippen molar-refractivity contribution in [1.82, 2.24) is 4.57 Å². The molecule has 0 bridgehead atoms. The van der Waals surface area contributed by atoms with E-state index in [1.807, 2.05) is 10.6 Å². The number of aryl methyl sites for hydroxylation is 2. The first kappa shape index (κ1) is 14.3. The number of rotatable bonds is 5. The Morgan fingerprint density at radius 2 is 2.11 bits per heavy atom. The lowest BCUT2D eigenvalue weighted by atomic mass is 9.93. The molecular weight excluding hydrogens is 262 g/mol. The average Bonchev–Trinajstić information content (AvgIpc) is 2.40. The Bertz CT molecular complexity index is 534. The number of nitrogens with zero attached hydrogens (tertiary/aromatic N) is 1. The average molecular weight is 282 g/mol. The van der Waals surface area contributed by atoms with E-state index >= 15 is 0 Å². The van der Waals surface area contributed by atoms with Crippen molar-refractivity contribution in [1.29, 1.82) is 0 Å². The fourth-order valence-electron chi connectivity index (χ4n) is 2.82. The van der Waals surface area contributed by atoms with Gasteiger partial charge in [0.2, 0.25) is 5.24 Å². The van der Waals surface area contributed by atoms with Gasteiger partial charge in [-0.25, -0.2) is 0 Å². The normalized spacial score (nSPS) is 14.2. The fourth-order valence-corrected chi connectivity index (χ4v) is 2.91. The Kier molecular flexibility index (Phi) is 4.81. The summed E-state index contributed by atoms with van der Waals surface area (Å²) in [6, 6.07) is 2.00. The monoisotopic (exact) mass is 281 g/mol. The molecular formula is C15H20ClNO2. The van der Waals surface area contributed by atoms with E-state index < -0.39 is 0 Å². The summed E-state index contributed by atoms with van der Waals surface area (Å²) >= 11 is 5.38. The largest absolute Gasteiger partial charge is 0.312 e. The molecule has 1 aliphatic carbocycles. The number of aromatic nitrogens is 1. The van der Waals surface area contributed by atoms with Crippen LogP contribution in [0.4, 0.5) is 0 Å². The smallest absolute Gasteiger partial charge is 0.253 e. The van der Waals surface area contributed by atoms with Crippen LogP contribution in [0.1, 0.15) is 49.4 Å². The highest BCUT2D eigenvalue weighted by molar-refractivity contribution is 6.63. The van der Waals surface area contributed by atoms with Gasteiger partial charge in [-0.15, -0.1) is 0 Å². The van der Waals surface area contributed by atoms with Crippen LogP contribution < -0.4 is 5.56 Å². The van der Waals surface area contributed by atoms with Crippen LogP contribution in [-0.2, 0) is 30.6 Å². The van der Waals surface area contributed by atoms with Crippen LogP contribution in [0.15, 0.2) is 10.9 Å². The van der Waals surface area contributed by atoms with Gasteiger partial charge in [-0.3, -0.25) is 9.59 Å². The molecule has 0 saturated carbocycles. The zero-order chi connectivity index (χ0) is 13.8. The summed E-state index contributed by atoms with van der Waals surface area (Å²) in [6.45, 7) is 2.85. The second-order valence-corrected chi connectivity index (χ2v) is 5.58. The predicted molar refractivity (Wildman–Crippen MR) is 76.8 cm³/mol. The van der Waals surface area contributed by atoms with E-state index in [0.717, 1.165) is 37.8 Å². The summed E-state index contributed by atoms with van der Waals surface area (Å²) in [5, 5.41) is -0.376. The van der Waals surface area contributed by atoms with Crippen molar-refractivity contribution in [2.75, 3.05) is 0 Å². The molecule has 0 amide bonds. The van der Waals surface area contributed by atoms with Gasteiger partial charge in [0.25, 0.3) is 5.56 Å². The minimum Gasteiger partial charge on any atom is -0.312 e. The Morgan fingerprint density at radius 1 is 1.37 bits per heavy atom. The van der Waals surface area contributed by atoms with Crippen molar-refractivity contribution in [3.8, 4) is 0 Å². The Labute approximate surface area is 118 Å². The third-order valence-electron chi connectivity index (χ3n) is 3.71. The highest BCUT2D eigenvalue weighted by atomic mass is 35.5. The van der Waals surface area contributed by atoms with Crippen molar-refractivity contribution >= 4 is 16.8 Å². The lowest BCUT2D eigenvalue weighted by molar-refractivity contribution is -0.111. The van der Waals surface area contributed by atoms with Gasteiger partial charge in [0, 0.05) is 24.2 Å². The first-order valence-electron chi connectivity index (χ1n) is 7.06. The van der Waals surface area contributed by atoms with E-state index in [2.05, 4.69) is 6.92 Å². The Balaban J connectivity index is 2.41. The van der Waals surface area contributed by atoms with Crippen LogP contribution in [0.25, 0.3) is 0 Å². The van der Waals surface area contributed by atoms with Gasteiger partial charge < -0.3 is 4.57 Å². The molecule has 0 spiro atoms. The van der Waals surface area contributed by atoms with E-state index in [9.17, 15) is 9.59 Å². The molecule has 4 heteroatoms. The van der Waals surface area contributed by atoms with Crippen LogP contribution >= 0.6 is 11.6 Å². The van der Waals surface area contributed by atoms with Crippen LogP contribution in [0, 0.1) is 0 Å². The summed E-state index contributed by atoms with van der Waals surface area (Å²) in [6.07, 6.45) is 6.03. The highest BCUT2D eigenvalue weighted by Gasteiger charge is 2.17. The third-order valence-corrected chi connectivity index (χ3v) is 3.90. The summed E-state index contributed by atoms with van der Waals surface area (Å²) in [4.78, 5) is 23.3. The third kappa shape index (κ3) is 3.27. The maximum atomic E-state index is 12.5. The second kappa shape index (κ2) is 6.38. The molecule has 1 aromatic heterocycles. The van der Waals surface area contributed by atoms with E-state index in [4.69, 9.17) is 11.6 Å². The second-order valence-electron chi connectivity index (χ2n) is 5.16. The van der Waals surface area contributed by atoms with Crippen molar-refractivity contribution in [2.24, 2.45) is 0 Å². The van der Waals surface area contributed by atoms with E-state index in [0.29, 0.717) is 6.42 Å². The van der Waals surface area contributed by atoms with Crippen molar-refractivity contribution in [3.63, 3.8) is 0 Å². The van der Waals surface area contributed by atoms with Crippen molar-refractivity contribution in [2.45, 2.75) is 58.4 Å². The molecule has 1 heterocycles. The molecule has 0 fully saturated rings. The topological polar surface area (TPSA) is 39.1 Å². The first-order chi connectivity index (χ1) is 9.13. The predicted octanol–water partition coefficient (Wildman–Crippen LogP) is 2.84. The summed E-state index contributed by atoms with van der Waals surface area (Å²) < 4.78 is 1.92. The number of pyridine rings is 1. The molecule has 1 aromatic rings. The fraction of sp³-hybridized carbons (Fsp3) is 0.600. The molecule has 1 aliphatic rings. The molecule has 0 atom stereocenters. The minimum atomic E-state index is -0.376.